The van der Waals surface area contributed by atoms with Gasteiger partial charge < -0.3 is 0 Å². The summed E-state index contributed by atoms with van der Waals surface area (Å²) in [7, 11) is 0. The number of H-pyrrole nitrogens is 1. The lowest BCUT2D eigenvalue weighted by Crippen LogP contribution is -2.26. The van der Waals surface area contributed by atoms with Gasteiger partial charge in [0.25, 0.3) is 5.56 Å². The number of rotatable bonds is 2. The fraction of sp³-hybridized carbons (Fsp3) is 0.143. The number of hydrogen-bond donors (Lipinski definition) is 1. The Morgan fingerprint density at radius 1 is 1.17 bits per heavy atom. The predicted molar refractivity (Wildman–Crippen MR) is 80.1 cm³/mol. The van der Waals surface area contributed by atoms with Crippen LogP contribution in [0, 0.1) is 0 Å². The molecule has 2 aromatic heterocycles. The van der Waals surface area contributed by atoms with Crippen LogP contribution in [-0.4, -0.2) is 14.6 Å². The van der Waals surface area contributed by atoms with Crippen molar-refractivity contribution in [2.45, 2.75) is 12.6 Å². The fourth-order valence-electron chi connectivity index (χ4n) is 2.24. The van der Waals surface area contributed by atoms with Crippen molar-refractivity contribution in [1.82, 2.24) is 14.6 Å². The molecule has 9 heteroatoms. The van der Waals surface area contributed by atoms with Crippen molar-refractivity contribution in [2.24, 2.45) is 0 Å². The smallest absolute Gasteiger partial charge is 0.297 e. The lowest BCUT2D eigenvalue weighted by molar-refractivity contribution is -0.141. The second-order valence-electron chi connectivity index (χ2n) is 4.82. The molecule has 0 unspecified atom stereocenters. The van der Waals surface area contributed by atoms with Crippen LogP contribution in [0.5, 0.6) is 0 Å². The van der Waals surface area contributed by atoms with Gasteiger partial charge in [-0.1, -0.05) is 29.3 Å². The Morgan fingerprint density at radius 2 is 1.91 bits per heavy atom. The van der Waals surface area contributed by atoms with Crippen LogP contribution < -0.4 is 5.56 Å². The molecule has 1 N–H and O–H groups in total. The molecule has 0 saturated carbocycles. The zero-order valence-electron chi connectivity index (χ0n) is 11.3. The summed E-state index contributed by atoms with van der Waals surface area (Å²) in [6, 6.07) is 5.69. The van der Waals surface area contributed by atoms with E-state index in [0.29, 0.717) is 5.56 Å². The molecule has 2 heterocycles. The SMILES string of the molecule is O=c1c(Cc2ccc(Cl)c(Cl)c2)c(C(F)(F)F)nc2cc[nH]n12. The fourth-order valence-corrected chi connectivity index (χ4v) is 2.56. The van der Waals surface area contributed by atoms with Crippen LogP contribution >= 0.6 is 23.2 Å². The van der Waals surface area contributed by atoms with E-state index in [1.165, 1.54) is 30.5 Å². The number of nitrogens with zero attached hydrogens (tertiary/aromatic N) is 2. The van der Waals surface area contributed by atoms with E-state index < -0.39 is 23.0 Å². The average Bonchev–Trinajstić information content (AvgIpc) is 2.93. The minimum atomic E-state index is -4.74. The van der Waals surface area contributed by atoms with Crippen LogP contribution in [0.15, 0.2) is 35.3 Å². The molecule has 0 amide bonds. The summed E-state index contributed by atoms with van der Waals surface area (Å²) >= 11 is 11.7. The van der Waals surface area contributed by atoms with Gasteiger partial charge in [-0.25, -0.2) is 9.50 Å². The maximum absolute atomic E-state index is 13.2. The quantitative estimate of drug-likeness (QED) is 0.751. The van der Waals surface area contributed by atoms with Crippen molar-refractivity contribution in [2.75, 3.05) is 0 Å². The van der Waals surface area contributed by atoms with Crippen molar-refractivity contribution in [3.05, 3.63) is 67.7 Å². The highest BCUT2D eigenvalue weighted by molar-refractivity contribution is 6.42. The van der Waals surface area contributed by atoms with Gasteiger partial charge in [-0.2, -0.15) is 13.2 Å². The molecule has 0 saturated heterocycles. The van der Waals surface area contributed by atoms with Crippen molar-refractivity contribution in [1.29, 1.82) is 0 Å². The molecule has 0 atom stereocenters. The van der Waals surface area contributed by atoms with Gasteiger partial charge in [0.1, 0.15) is 0 Å². The van der Waals surface area contributed by atoms with E-state index in [1.807, 2.05) is 0 Å². The molecule has 0 aliphatic rings. The minimum absolute atomic E-state index is 0.0970. The molecule has 3 rings (SSSR count). The topological polar surface area (TPSA) is 50.2 Å². The highest BCUT2D eigenvalue weighted by atomic mass is 35.5. The first kappa shape index (κ1) is 15.9. The maximum Gasteiger partial charge on any atom is 0.433 e. The van der Waals surface area contributed by atoms with Crippen molar-refractivity contribution < 1.29 is 13.2 Å². The highest BCUT2D eigenvalue weighted by Crippen LogP contribution is 2.31. The average molecular weight is 362 g/mol. The second-order valence-corrected chi connectivity index (χ2v) is 5.64. The number of alkyl halides is 3. The van der Waals surface area contributed by atoms with E-state index in [1.54, 1.807) is 0 Å². The third kappa shape index (κ3) is 2.94. The van der Waals surface area contributed by atoms with E-state index in [4.69, 9.17) is 23.2 Å². The van der Waals surface area contributed by atoms with Gasteiger partial charge >= 0.3 is 6.18 Å². The summed E-state index contributed by atoms with van der Waals surface area (Å²) in [5.41, 5.74) is -2.14. The Labute approximate surface area is 137 Å². The third-order valence-corrected chi connectivity index (χ3v) is 4.01. The first-order valence-electron chi connectivity index (χ1n) is 6.37. The molecule has 120 valence electrons. The molecular formula is C14H8Cl2F3N3O. The molecule has 23 heavy (non-hydrogen) atoms. The van der Waals surface area contributed by atoms with Gasteiger partial charge in [0.2, 0.25) is 0 Å². The minimum Gasteiger partial charge on any atom is -0.297 e. The number of hydrogen-bond acceptors (Lipinski definition) is 2. The Morgan fingerprint density at radius 3 is 2.57 bits per heavy atom. The summed E-state index contributed by atoms with van der Waals surface area (Å²) < 4.78 is 40.7. The number of halogens is 5. The van der Waals surface area contributed by atoms with Crippen LogP contribution in [0.2, 0.25) is 10.0 Å². The molecule has 0 fully saturated rings. The van der Waals surface area contributed by atoms with Gasteiger partial charge in [0.15, 0.2) is 11.3 Å². The molecule has 0 spiro atoms. The standard InChI is InChI=1S/C14H8Cl2F3N3O/c15-9-2-1-7(6-10(9)16)5-8-12(14(17,18)19)21-11-3-4-20-22(11)13(8)23/h1-4,6,20H,5H2. The molecule has 1 aromatic carbocycles. The summed E-state index contributed by atoms with van der Waals surface area (Å²) in [4.78, 5) is 15.9. The number of nitrogens with one attached hydrogen (secondary N) is 1. The van der Waals surface area contributed by atoms with Gasteiger partial charge in [0.05, 0.1) is 15.6 Å². The Balaban J connectivity index is 2.20. The van der Waals surface area contributed by atoms with E-state index in [0.717, 1.165) is 4.52 Å². The molecule has 0 aliphatic carbocycles. The van der Waals surface area contributed by atoms with Crippen LogP contribution in [0.1, 0.15) is 16.8 Å². The van der Waals surface area contributed by atoms with Gasteiger partial charge in [-0.15, -0.1) is 0 Å². The molecule has 0 radical (unpaired) electrons. The molecule has 0 bridgehead atoms. The second kappa shape index (κ2) is 5.58. The number of aromatic amines is 1. The normalized spacial score (nSPS) is 12.0. The third-order valence-electron chi connectivity index (χ3n) is 3.27. The van der Waals surface area contributed by atoms with Gasteiger partial charge in [-0.3, -0.25) is 9.89 Å². The van der Waals surface area contributed by atoms with E-state index in [9.17, 15) is 18.0 Å². The zero-order valence-corrected chi connectivity index (χ0v) is 12.8. The largest absolute Gasteiger partial charge is 0.433 e. The van der Waals surface area contributed by atoms with Crippen molar-refractivity contribution >= 4 is 28.8 Å². The summed E-state index contributed by atoms with van der Waals surface area (Å²) in [5, 5.41) is 3.02. The molecule has 4 nitrogen and oxygen atoms in total. The Bertz CT molecular complexity index is 947. The van der Waals surface area contributed by atoms with Gasteiger partial charge in [0, 0.05) is 18.7 Å². The predicted octanol–water partition coefficient (Wildman–Crippen LogP) is 3.94. The van der Waals surface area contributed by atoms with E-state index >= 15 is 0 Å². The number of aromatic nitrogens is 3. The number of benzene rings is 1. The van der Waals surface area contributed by atoms with Crippen LogP contribution in [-0.2, 0) is 12.6 Å². The maximum atomic E-state index is 13.2. The summed E-state index contributed by atoms with van der Waals surface area (Å²) in [6.07, 6.45) is -3.66. The Hall–Kier alpha value is -1.99. The zero-order chi connectivity index (χ0) is 16.8. The van der Waals surface area contributed by atoms with Gasteiger partial charge in [-0.05, 0) is 17.7 Å². The van der Waals surface area contributed by atoms with Crippen molar-refractivity contribution in [3.8, 4) is 0 Å². The first-order chi connectivity index (χ1) is 10.8. The van der Waals surface area contributed by atoms with E-state index in [-0.39, 0.29) is 22.1 Å². The molecule has 0 aliphatic heterocycles. The van der Waals surface area contributed by atoms with Crippen molar-refractivity contribution in [3.63, 3.8) is 0 Å². The molecule has 3 aromatic rings. The summed E-state index contributed by atoms with van der Waals surface area (Å²) in [5.74, 6) is 0. The lowest BCUT2D eigenvalue weighted by atomic mass is 10.0. The highest BCUT2D eigenvalue weighted by Gasteiger charge is 2.37. The Kier molecular flexibility index (Phi) is 3.85. The number of fused-ring (bicyclic) bond motifs is 1. The van der Waals surface area contributed by atoms with Crippen LogP contribution in [0.3, 0.4) is 0 Å². The summed E-state index contributed by atoms with van der Waals surface area (Å²) in [6.45, 7) is 0. The molecular weight excluding hydrogens is 354 g/mol. The first-order valence-corrected chi connectivity index (χ1v) is 7.13. The van der Waals surface area contributed by atoms with Crippen LogP contribution in [0.4, 0.5) is 13.2 Å². The van der Waals surface area contributed by atoms with Crippen LogP contribution in [0.25, 0.3) is 5.65 Å². The van der Waals surface area contributed by atoms with E-state index in [2.05, 4.69) is 10.1 Å². The monoisotopic (exact) mass is 361 g/mol. The lowest BCUT2D eigenvalue weighted by Gasteiger charge is -2.12.